The molecule has 98 valence electrons. The van der Waals surface area contributed by atoms with Crippen molar-refractivity contribution in [3.05, 3.63) is 59.2 Å². The molecular weight excluding hydrogens is 216 g/mol. The third-order valence-corrected chi connectivity index (χ3v) is 3.11. The fourth-order valence-electron chi connectivity index (χ4n) is 1.89. The predicted octanol–water partition coefficient (Wildman–Crippen LogP) is 5.48. The minimum atomic E-state index is 0.672. The van der Waals surface area contributed by atoms with E-state index in [-0.39, 0.29) is 0 Å². The summed E-state index contributed by atoms with van der Waals surface area (Å²) < 4.78 is 0. The van der Waals surface area contributed by atoms with Crippen molar-refractivity contribution in [3.8, 4) is 0 Å². The normalized spacial score (nSPS) is 12.7. The van der Waals surface area contributed by atoms with Gasteiger partial charge in [-0.3, -0.25) is 0 Å². The number of aryl methyl sites for hydroxylation is 1. The number of rotatable bonds is 6. The fourth-order valence-corrected chi connectivity index (χ4v) is 1.89. The number of allylic oxidation sites excluding steroid dienone is 4. The van der Waals surface area contributed by atoms with Crippen molar-refractivity contribution in [1.29, 1.82) is 0 Å². The van der Waals surface area contributed by atoms with E-state index in [1.165, 1.54) is 29.5 Å². The molecule has 0 aliphatic carbocycles. The molecule has 0 spiro atoms. The van der Waals surface area contributed by atoms with E-state index in [0.29, 0.717) is 5.92 Å². The highest BCUT2D eigenvalue weighted by atomic mass is 14.0. The van der Waals surface area contributed by atoms with Crippen LogP contribution in [0.4, 0.5) is 0 Å². The Morgan fingerprint density at radius 1 is 1.17 bits per heavy atom. The van der Waals surface area contributed by atoms with Gasteiger partial charge in [0.25, 0.3) is 0 Å². The fraction of sp³-hybridized carbons (Fsp3) is 0.444. The summed E-state index contributed by atoms with van der Waals surface area (Å²) in [6, 6.07) is 8.80. The highest BCUT2D eigenvalue weighted by molar-refractivity contribution is 5.23. The Balaban J connectivity index is 2.31. The summed E-state index contributed by atoms with van der Waals surface area (Å²) in [5, 5.41) is 0. The highest BCUT2D eigenvalue weighted by Gasteiger charge is 1.95. The topological polar surface area (TPSA) is 0 Å². The Hall–Kier alpha value is -1.30. The van der Waals surface area contributed by atoms with Crippen LogP contribution >= 0.6 is 0 Å². The van der Waals surface area contributed by atoms with Gasteiger partial charge in [-0.1, -0.05) is 60.6 Å². The van der Waals surface area contributed by atoms with E-state index in [1.807, 2.05) is 0 Å². The standard InChI is InChI=1S/C18H26/c1-15(2)7-5-8-16(3)9-6-10-18-13-11-17(4)12-14-18/h6-7,9,11-14,16H,5,8,10H2,1-4H3/b9-6+. The van der Waals surface area contributed by atoms with Gasteiger partial charge in [-0.15, -0.1) is 0 Å². The van der Waals surface area contributed by atoms with Crippen LogP contribution in [0.3, 0.4) is 0 Å². The maximum Gasteiger partial charge on any atom is -0.00974 e. The van der Waals surface area contributed by atoms with E-state index < -0.39 is 0 Å². The Labute approximate surface area is 112 Å². The molecule has 0 aliphatic rings. The van der Waals surface area contributed by atoms with E-state index in [0.717, 1.165) is 6.42 Å². The van der Waals surface area contributed by atoms with Crippen LogP contribution in [0.15, 0.2) is 48.1 Å². The molecule has 0 heteroatoms. The summed E-state index contributed by atoms with van der Waals surface area (Å²) in [4.78, 5) is 0. The van der Waals surface area contributed by atoms with Crippen molar-refractivity contribution >= 4 is 0 Å². The molecule has 0 N–H and O–H groups in total. The second kappa shape index (κ2) is 7.92. The largest absolute Gasteiger partial charge is 0.0859 e. The average molecular weight is 242 g/mol. The van der Waals surface area contributed by atoms with Gasteiger partial charge in [0.05, 0.1) is 0 Å². The molecule has 0 saturated heterocycles. The third kappa shape index (κ3) is 6.44. The molecule has 0 amide bonds. The van der Waals surface area contributed by atoms with Gasteiger partial charge in [-0.05, 0) is 51.5 Å². The number of benzene rings is 1. The van der Waals surface area contributed by atoms with E-state index in [2.05, 4.69) is 70.2 Å². The van der Waals surface area contributed by atoms with Crippen LogP contribution in [0.1, 0.15) is 44.7 Å². The maximum absolute atomic E-state index is 2.35. The smallest absolute Gasteiger partial charge is 0.00974 e. The summed E-state index contributed by atoms with van der Waals surface area (Å²) in [6.45, 7) is 8.76. The zero-order chi connectivity index (χ0) is 13.4. The minimum absolute atomic E-state index is 0.672. The Bertz CT molecular complexity index is 389. The van der Waals surface area contributed by atoms with Gasteiger partial charge in [0.1, 0.15) is 0 Å². The molecule has 0 aromatic heterocycles. The lowest BCUT2D eigenvalue weighted by atomic mass is 10.0. The summed E-state index contributed by atoms with van der Waals surface area (Å²) in [5.41, 5.74) is 4.15. The molecule has 0 fully saturated rings. The van der Waals surface area contributed by atoms with E-state index in [4.69, 9.17) is 0 Å². The molecule has 1 aromatic carbocycles. The Morgan fingerprint density at radius 2 is 1.83 bits per heavy atom. The van der Waals surface area contributed by atoms with Crippen molar-refractivity contribution in [2.24, 2.45) is 5.92 Å². The molecule has 0 aliphatic heterocycles. The number of hydrogen-bond acceptors (Lipinski definition) is 0. The van der Waals surface area contributed by atoms with Crippen LogP contribution in [-0.4, -0.2) is 0 Å². The van der Waals surface area contributed by atoms with Gasteiger partial charge < -0.3 is 0 Å². The van der Waals surface area contributed by atoms with E-state index >= 15 is 0 Å². The van der Waals surface area contributed by atoms with Crippen LogP contribution in [0.25, 0.3) is 0 Å². The molecule has 1 unspecified atom stereocenters. The van der Waals surface area contributed by atoms with Crippen molar-refractivity contribution in [2.75, 3.05) is 0 Å². The minimum Gasteiger partial charge on any atom is -0.0859 e. The first-order chi connectivity index (χ1) is 8.58. The zero-order valence-electron chi connectivity index (χ0n) is 12.2. The summed E-state index contributed by atoms with van der Waals surface area (Å²) >= 11 is 0. The van der Waals surface area contributed by atoms with Crippen LogP contribution in [0.5, 0.6) is 0 Å². The Morgan fingerprint density at radius 3 is 2.44 bits per heavy atom. The van der Waals surface area contributed by atoms with Gasteiger partial charge in [0.2, 0.25) is 0 Å². The van der Waals surface area contributed by atoms with Gasteiger partial charge in [-0.2, -0.15) is 0 Å². The van der Waals surface area contributed by atoms with E-state index in [9.17, 15) is 0 Å². The Kier molecular flexibility index (Phi) is 6.49. The SMILES string of the molecule is CC(C)=CCCC(C)/C=C/Cc1ccc(C)cc1. The van der Waals surface area contributed by atoms with Gasteiger partial charge >= 0.3 is 0 Å². The third-order valence-electron chi connectivity index (χ3n) is 3.11. The first kappa shape index (κ1) is 14.8. The highest BCUT2D eigenvalue weighted by Crippen LogP contribution is 2.10. The maximum atomic E-state index is 2.35. The second-order valence-corrected chi connectivity index (χ2v) is 5.45. The average Bonchev–Trinajstić information content (AvgIpc) is 2.31. The molecule has 0 radical (unpaired) electrons. The quantitative estimate of drug-likeness (QED) is 0.580. The molecule has 18 heavy (non-hydrogen) atoms. The molecule has 1 rings (SSSR count). The van der Waals surface area contributed by atoms with Crippen LogP contribution in [-0.2, 0) is 6.42 Å². The first-order valence-electron chi connectivity index (χ1n) is 6.93. The van der Waals surface area contributed by atoms with Crippen molar-refractivity contribution in [1.82, 2.24) is 0 Å². The molecule has 0 bridgehead atoms. The monoisotopic (exact) mass is 242 g/mol. The van der Waals surface area contributed by atoms with Crippen molar-refractivity contribution < 1.29 is 0 Å². The second-order valence-electron chi connectivity index (χ2n) is 5.45. The van der Waals surface area contributed by atoms with Crippen molar-refractivity contribution in [2.45, 2.75) is 47.0 Å². The zero-order valence-corrected chi connectivity index (χ0v) is 12.2. The van der Waals surface area contributed by atoms with Crippen molar-refractivity contribution in [3.63, 3.8) is 0 Å². The molecule has 1 atom stereocenters. The first-order valence-corrected chi connectivity index (χ1v) is 6.93. The lowest BCUT2D eigenvalue weighted by Gasteiger charge is -2.04. The lowest BCUT2D eigenvalue weighted by Crippen LogP contribution is -1.89. The molecule has 0 heterocycles. The van der Waals surface area contributed by atoms with Gasteiger partial charge in [0, 0.05) is 0 Å². The molecule has 0 nitrogen and oxygen atoms in total. The van der Waals surface area contributed by atoms with E-state index in [1.54, 1.807) is 0 Å². The molecule has 0 saturated carbocycles. The van der Waals surface area contributed by atoms with Crippen LogP contribution < -0.4 is 0 Å². The summed E-state index contributed by atoms with van der Waals surface area (Å²) in [6.07, 6.45) is 10.5. The van der Waals surface area contributed by atoms with Gasteiger partial charge in [0.15, 0.2) is 0 Å². The van der Waals surface area contributed by atoms with Gasteiger partial charge in [-0.25, -0.2) is 0 Å². The van der Waals surface area contributed by atoms with Crippen LogP contribution in [0.2, 0.25) is 0 Å². The molecular formula is C18H26. The lowest BCUT2D eigenvalue weighted by molar-refractivity contribution is 0.654. The summed E-state index contributed by atoms with van der Waals surface area (Å²) in [5.74, 6) is 0.672. The summed E-state index contributed by atoms with van der Waals surface area (Å²) in [7, 11) is 0. The molecule has 1 aromatic rings. The van der Waals surface area contributed by atoms with Crippen LogP contribution in [0, 0.1) is 12.8 Å². The number of hydrogen-bond donors (Lipinski definition) is 0. The predicted molar refractivity (Wildman–Crippen MR) is 81.9 cm³/mol.